The summed E-state index contributed by atoms with van der Waals surface area (Å²) in [6, 6.07) is 14.0. The summed E-state index contributed by atoms with van der Waals surface area (Å²) in [5.41, 5.74) is 3.79. The van der Waals surface area contributed by atoms with Gasteiger partial charge in [-0.1, -0.05) is 40.2 Å². The molecule has 0 radical (unpaired) electrons. The summed E-state index contributed by atoms with van der Waals surface area (Å²) in [4.78, 5) is 23.9. The number of aliphatic imine (C=N–C) groups is 1. The van der Waals surface area contributed by atoms with E-state index < -0.39 is 0 Å². The van der Waals surface area contributed by atoms with Gasteiger partial charge in [-0.3, -0.25) is 9.79 Å². The SMILES string of the molecule is O=C(C1=NC[C@H](c2c[nH]c3ccccc23)N1)c1c[nH]c2cc(Br)ccc12. The van der Waals surface area contributed by atoms with Gasteiger partial charge in [-0.25, -0.2) is 0 Å². The Morgan fingerprint density at radius 3 is 2.81 bits per heavy atom. The molecule has 0 saturated carbocycles. The van der Waals surface area contributed by atoms with Gasteiger partial charge in [0.05, 0.1) is 18.2 Å². The molecule has 6 heteroatoms. The number of hydrogen-bond donors (Lipinski definition) is 3. The number of aromatic nitrogens is 2. The van der Waals surface area contributed by atoms with Gasteiger partial charge in [0.25, 0.3) is 0 Å². The second-order valence-corrected chi connectivity index (χ2v) is 7.31. The Labute approximate surface area is 157 Å². The lowest BCUT2D eigenvalue weighted by Crippen LogP contribution is -2.29. The lowest BCUT2D eigenvalue weighted by molar-refractivity contribution is 0.106. The van der Waals surface area contributed by atoms with Crippen molar-refractivity contribution in [2.24, 2.45) is 4.99 Å². The lowest BCUT2D eigenvalue weighted by Gasteiger charge is -2.10. The maximum absolute atomic E-state index is 13.0. The quantitative estimate of drug-likeness (QED) is 0.442. The van der Waals surface area contributed by atoms with Crippen LogP contribution in [0.1, 0.15) is 22.0 Å². The number of benzene rings is 2. The van der Waals surface area contributed by atoms with Crippen LogP contribution >= 0.6 is 15.9 Å². The molecule has 0 unspecified atom stereocenters. The molecule has 0 saturated heterocycles. The van der Waals surface area contributed by atoms with E-state index in [0.29, 0.717) is 17.9 Å². The van der Waals surface area contributed by atoms with Crippen LogP contribution in [0.4, 0.5) is 0 Å². The largest absolute Gasteiger partial charge is 0.361 e. The Morgan fingerprint density at radius 2 is 1.88 bits per heavy atom. The molecule has 0 aliphatic carbocycles. The molecule has 2 aromatic carbocycles. The van der Waals surface area contributed by atoms with Crippen LogP contribution < -0.4 is 5.32 Å². The van der Waals surface area contributed by atoms with Gasteiger partial charge in [0, 0.05) is 44.2 Å². The van der Waals surface area contributed by atoms with Crippen LogP contribution in [-0.2, 0) is 0 Å². The topological polar surface area (TPSA) is 73.0 Å². The highest BCUT2D eigenvalue weighted by molar-refractivity contribution is 9.10. The zero-order valence-electron chi connectivity index (χ0n) is 13.7. The number of H-pyrrole nitrogens is 2. The number of aromatic amines is 2. The zero-order chi connectivity index (χ0) is 17.7. The Kier molecular flexibility index (Phi) is 3.46. The lowest BCUT2D eigenvalue weighted by atomic mass is 10.1. The number of ketones is 1. The highest BCUT2D eigenvalue weighted by Gasteiger charge is 2.27. The second-order valence-electron chi connectivity index (χ2n) is 6.40. The first-order valence-electron chi connectivity index (χ1n) is 8.39. The predicted molar refractivity (Wildman–Crippen MR) is 107 cm³/mol. The van der Waals surface area contributed by atoms with Crippen LogP contribution in [0.5, 0.6) is 0 Å². The molecule has 5 rings (SSSR count). The van der Waals surface area contributed by atoms with Crippen LogP contribution in [0.15, 0.2) is 64.3 Å². The molecule has 1 aliphatic rings. The Morgan fingerprint density at radius 1 is 1.04 bits per heavy atom. The van der Waals surface area contributed by atoms with Crippen LogP contribution in [0.25, 0.3) is 21.8 Å². The zero-order valence-corrected chi connectivity index (χ0v) is 15.3. The molecule has 1 aliphatic heterocycles. The summed E-state index contributed by atoms with van der Waals surface area (Å²) in [7, 11) is 0. The molecule has 5 nitrogen and oxygen atoms in total. The predicted octanol–water partition coefficient (Wildman–Crippen LogP) is 4.34. The number of nitrogens with one attached hydrogen (secondary N) is 3. The minimum absolute atomic E-state index is 0.00412. The van der Waals surface area contributed by atoms with E-state index in [1.165, 1.54) is 0 Å². The monoisotopic (exact) mass is 406 g/mol. The molecular weight excluding hydrogens is 392 g/mol. The Balaban J connectivity index is 1.44. The number of carbonyl (C=O) groups is 1. The van der Waals surface area contributed by atoms with E-state index in [2.05, 4.69) is 42.3 Å². The smallest absolute Gasteiger partial charge is 0.229 e. The summed E-state index contributed by atoms with van der Waals surface area (Å²) in [5, 5.41) is 5.37. The number of Topliss-reactive ketones (excluding diaryl/α,β-unsaturated/α-hetero) is 1. The van der Waals surface area contributed by atoms with Gasteiger partial charge in [0.2, 0.25) is 5.78 Å². The van der Waals surface area contributed by atoms with Gasteiger partial charge < -0.3 is 15.3 Å². The third-order valence-electron chi connectivity index (χ3n) is 4.84. The van der Waals surface area contributed by atoms with Gasteiger partial charge in [-0.05, 0) is 18.2 Å². The van der Waals surface area contributed by atoms with Crippen molar-refractivity contribution in [3.63, 3.8) is 0 Å². The van der Waals surface area contributed by atoms with E-state index in [-0.39, 0.29) is 11.8 Å². The van der Waals surface area contributed by atoms with E-state index in [9.17, 15) is 4.79 Å². The maximum Gasteiger partial charge on any atom is 0.229 e. The summed E-state index contributed by atoms with van der Waals surface area (Å²) < 4.78 is 0.974. The van der Waals surface area contributed by atoms with Crippen molar-refractivity contribution >= 4 is 49.4 Å². The second kappa shape index (κ2) is 5.85. The van der Waals surface area contributed by atoms with E-state index >= 15 is 0 Å². The van der Waals surface area contributed by atoms with E-state index in [0.717, 1.165) is 31.8 Å². The van der Waals surface area contributed by atoms with Crippen LogP contribution in [0, 0.1) is 0 Å². The number of rotatable bonds is 3. The molecule has 4 aromatic rings. The maximum atomic E-state index is 13.0. The van der Waals surface area contributed by atoms with E-state index in [4.69, 9.17) is 0 Å². The molecule has 0 fully saturated rings. The molecule has 26 heavy (non-hydrogen) atoms. The summed E-state index contributed by atoms with van der Waals surface area (Å²) in [6.45, 7) is 0.552. The standard InChI is InChI=1S/C20H15BrN4O/c21-11-5-6-13-15(9-23-17(13)7-11)19(26)20-24-10-18(25-20)14-8-22-16-4-2-1-3-12(14)16/h1-9,18,22-23H,10H2,(H,24,25)/t18-/m1/s1. The summed E-state index contributed by atoms with van der Waals surface area (Å²) in [5.74, 6) is 0.338. The molecule has 0 spiro atoms. The number of para-hydroxylation sites is 1. The fourth-order valence-electron chi connectivity index (χ4n) is 3.55. The molecule has 2 aromatic heterocycles. The average Bonchev–Trinajstić information content (AvgIpc) is 3.38. The van der Waals surface area contributed by atoms with Gasteiger partial charge in [0.1, 0.15) is 0 Å². The summed E-state index contributed by atoms with van der Waals surface area (Å²) in [6.07, 6.45) is 3.75. The first-order valence-corrected chi connectivity index (χ1v) is 9.18. The molecule has 3 N–H and O–H groups in total. The Hall–Kier alpha value is -2.86. The van der Waals surface area contributed by atoms with Gasteiger partial charge in [-0.15, -0.1) is 0 Å². The fraction of sp³-hybridized carbons (Fsp3) is 0.100. The molecule has 0 bridgehead atoms. The molecule has 128 valence electrons. The van der Waals surface area contributed by atoms with Crippen molar-refractivity contribution in [3.05, 3.63) is 70.5 Å². The van der Waals surface area contributed by atoms with Gasteiger partial charge in [0.15, 0.2) is 5.84 Å². The van der Waals surface area contributed by atoms with Gasteiger partial charge >= 0.3 is 0 Å². The van der Waals surface area contributed by atoms with Crippen LogP contribution in [-0.4, -0.2) is 28.1 Å². The van der Waals surface area contributed by atoms with Crippen molar-refractivity contribution in [2.45, 2.75) is 6.04 Å². The third-order valence-corrected chi connectivity index (χ3v) is 5.34. The number of amidine groups is 1. The van der Waals surface area contributed by atoms with Crippen LogP contribution in [0.3, 0.4) is 0 Å². The third kappa shape index (κ3) is 2.37. The number of hydrogen-bond acceptors (Lipinski definition) is 3. The van der Waals surface area contributed by atoms with Crippen molar-refractivity contribution in [1.29, 1.82) is 0 Å². The molecular formula is C20H15BrN4O. The van der Waals surface area contributed by atoms with Crippen molar-refractivity contribution in [3.8, 4) is 0 Å². The first-order chi connectivity index (χ1) is 12.7. The first kappa shape index (κ1) is 15.4. The minimum Gasteiger partial charge on any atom is -0.361 e. The van der Waals surface area contributed by atoms with Gasteiger partial charge in [-0.2, -0.15) is 0 Å². The van der Waals surface area contributed by atoms with Crippen LogP contribution in [0.2, 0.25) is 0 Å². The molecule has 3 heterocycles. The fourth-order valence-corrected chi connectivity index (χ4v) is 3.91. The molecule has 1 atom stereocenters. The normalized spacial score (nSPS) is 16.8. The van der Waals surface area contributed by atoms with Crippen molar-refractivity contribution in [2.75, 3.05) is 6.54 Å². The van der Waals surface area contributed by atoms with Crippen molar-refractivity contribution < 1.29 is 4.79 Å². The van der Waals surface area contributed by atoms with Crippen molar-refractivity contribution in [1.82, 2.24) is 15.3 Å². The number of carbonyl (C=O) groups excluding carboxylic acids is 1. The number of halogens is 1. The highest BCUT2D eigenvalue weighted by atomic mass is 79.9. The number of fused-ring (bicyclic) bond motifs is 2. The van der Waals surface area contributed by atoms with E-state index in [1.807, 2.05) is 42.6 Å². The molecule has 0 amide bonds. The summed E-state index contributed by atoms with van der Waals surface area (Å²) >= 11 is 3.45. The minimum atomic E-state index is -0.0825. The number of nitrogens with zero attached hydrogens (tertiary/aromatic N) is 1. The highest BCUT2D eigenvalue weighted by Crippen LogP contribution is 2.28. The Bertz CT molecular complexity index is 1190. The average molecular weight is 407 g/mol. The van der Waals surface area contributed by atoms with E-state index in [1.54, 1.807) is 6.20 Å².